The number of aryl methyl sites for hydroxylation is 1. The lowest BCUT2D eigenvalue weighted by molar-refractivity contribution is -0.137. The van der Waals surface area contributed by atoms with E-state index in [0.29, 0.717) is 12.5 Å². The second-order valence-corrected chi connectivity index (χ2v) is 5.15. The fourth-order valence-electron chi connectivity index (χ4n) is 2.93. The number of nitrogens with zero attached hydrogens (tertiary/aromatic N) is 2. The van der Waals surface area contributed by atoms with Gasteiger partial charge >= 0.3 is 6.18 Å². The van der Waals surface area contributed by atoms with Gasteiger partial charge in [0, 0.05) is 31.9 Å². The third-order valence-corrected chi connectivity index (χ3v) is 3.88. The number of halogens is 3. The Balaban J connectivity index is 1.99. The highest BCUT2D eigenvalue weighted by Gasteiger charge is 2.34. The number of rotatable bonds is 0. The van der Waals surface area contributed by atoms with Gasteiger partial charge in [-0.15, -0.1) is 0 Å². The first-order valence-electron chi connectivity index (χ1n) is 6.59. The van der Waals surface area contributed by atoms with Gasteiger partial charge in [-0.1, -0.05) is 0 Å². The van der Waals surface area contributed by atoms with Gasteiger partial charge < -0.3 is 10.2 Å². The van der Waals surface area contributed by atoms with E-state index in [4.69, 9.17) is 0 Å². The van der Waals surface area contributed by atoms with Gasteiger partial charge in [0.25, 0.3) is 0 Å². The largest absolute Gasteiger partial charge is 0.417 e. The summed E-state index contributed by atoms with van der Waals surface area (Å²) in [6, 6.07) is 1.63. The van der Waals surface area contributed by atoms with Gasteiger partial charge in [0.15, 0.2) is 0 Å². The van der Waals surface area contributed by atoms with Gasteiger partial charge in [0.2, 0.25) is 0 Å². The first-order chi connectivity index (χ1) is 9.05. The Hall–Kier alpha value is -1.30. The average Bonchev–Trinajstić information content (AvgIpc) is 2.56. The molecule has 0 spiro atoms. The summed E-state index contributed by atoms with van der Waals surface area (Å²) in [5, 5.41) is 3.33. The van der Waals surface area contributed by atoms with E-state index in [2.05, 4.69) is 15.2 Å². The van der Waals surface area contributed by atoms with Crippen LogP contribution in [0.15, 0.2) is 12.3 Å². The molecule has 0 amide bonds. The Kier molecular flexibility index (Phi) is 3.12. The summed E-state index contributed by atoms with van der Waals surface area (Å²) >= 11 is 0. The van der Waals surface area contributed by atoms with Crippen molar-refractivity contribution in [3.63, 3.8) is 0 Å². The summed E-state index contributed by atoms with van der Waals surface area (Å²) in [4.78, 5) is 6.27. The maximum absolute atomic E-state index is 12.7. The number of alkyl halides is 3. The van der Waals surface area contributed by atoms with Crippen LogP contribution in [0.4, 0.5) is 19.0 Å². The molecular formula is C13H16F3N3. The minimum atomic E-state index is -4.31. The zero-order valence-corrected chi connectivity index (χ0v) is 10.5. The second kappa shape index (κ2) is 4.67. The van der Waals surface area contributed by atoms with Gasteiger partial charge in [-0.25, -0.2) is 4.98 Å². The molecule has 1 N–H and O–H groups in total. The van der Waals surface area contributed by atoms with E-state index in [-0.39, 0.29) is 0 Å². The number of anilines is 1. The Morgan fingerprint density at radius 2 is 2.21 bits per heavy atom. The molecule has 0 aromatic carbocycles. The van der Waals surface area contributed by atoms with Crippen LogP contribution in [0.5, 0.6) is 0 Å². The molecule has 3 heterocycles. The van der Waals surface area contributed by atoms with E-state index in [1.165, 1.54) is 6.07 Å². The van der Waals surface area contributed by atoms with Crippen LogP contribution in [0.3, 0.4) is 0 Å². The van der Waals surface area contributed by atoms with Crippen LogP contribution >= 0.6 is 0 Å². The molecule has 3 rings (SSSR count). The standard InChI is InChI=1S/C13H16F3N3/c14-13(15,16)10-6-9-2-1-3-11-8-17-4-5-19(11)12(9)18-7-10/h6-7,11,17H,1-5,8H2. The maximum atomic E-state index is 12.7. The minimum Gasteiger partial charge on any atom is -0.351 e. The molecule has 3 nitrogen and oxygen atoms in total. The number of hydrogen-bond donors (Lipinski definition) is 1. The van der Waals surface area contributed by atoms with Crippen molar-refractivity contribution in [2.24, 2.45) is 0 Å². The third-order valence-electron chi connectivity index (χ3n) is 3.88. The van der Waals surface area contributed by atoms with Gasteiger partial charge in [0.1, 0.15) is 5.82 Å². The van der Waals surface area contributed by atoms with Crippen LogP contribution in [0, 0.1) is 0 Å². The molecule has 104 valence electrons. The predicted octanol–water partition coefficient (Wildman–Crippen LogP) is 2.21. The Morgan fingerprint density at radius 3 is 3.00 bits per heavy atom. The van der Waals surface area contributed by atoms with Crippen molar-refractivity contribution in [1.29, 1.82) is 0 Å². The number of nitrogens with one attached hydrogen (secondary N) is 1. The summed E-state index contributed by atoms with van der Waals surface area (Å²) in [5.74, 6) is 0.747. The molecule has 1 aromatic rings. The quantitative estimate of drug-likeness (QED) is 0.784. The molecule has 6 heteroatoms. The molecule has 1 aromatic heterocycles. The van der Waals surface area contributed by atoms with Crippen molar-refractivity contribution >= 4 is 5.82 Å². The molecule has 1 atom stereocenters. The van der Waals surface area contributed by atoms with E-state index in [0.717, 1.165) is 50.1 Å². The second-order valence-electron chi connectivity index (χ2n) is 5.15. The zero-order chi connectivity index (χ0) is 13.5. The highest BCUT2D eigenvalue weighted by molar-refractivity contribution is 5.51. The summed E-state index contributed by atoms with van der Waals surface area (Å²) in [6.45, 7) is 2.57. The summed E-state index contributed by atoms with van der Waals surface area (Å²) in [6.07, 6.45) is -0.747. The Labute approximate surface area is 109 Å². The number of piperazine rings is 1. The highest BCUT2D eigenvalue weighted by Crippen LogP contribution is 2.34. The lowest BCUT2D eigenvalue weighted by Gasteiger charge is -2.36. The minimum absolute atomic E-state index is 0.360. The smallest absolute Gasteiger partial charge is 0.351 e. The van der Waals surface area contributed by atoms with Crippen molar-refractivity contribution in [3.05, 3.63) is 23.4 Å². The molecule has 0 bridgehead atoms. The summed E-state index contributed by atoms with van der Waals surface area (Å²) in [5.41, 5.74) is 0.0964. The first-order valence-corrected chi connectivity index (χ1v) is 6.59. The molecule has 1 fully saturated rings. The normalized spacial score (nSPS) is 23.5. The lowest BCUT2D eigenvalue weighted by Crippen LogP contribution is -2.51. The van der Waals surface area contributed by atoms with Crippen molar-refractivity contribution in [3.8, 4) is 0 Å². The Morgan fingerprint density at radius 1 is 1.37 bits per heavy atom. The van der Waals surface area contributed by atoms with Crippen LogP contribution < -0.4 is 10.2 Å². The van der Waals surface area contributed by atoms with E-state index in [1.807, 2.05) is 0 Å². The van der Waals surface area contributed by atoms with Crippen LogP contribution in [0.25, 0.3) is 0 Å². The van der Waals surface area contributed by atoms with Crippen LogP contribution in [0.2, 0.25) is 0 Å². The van der Waals surface area contributed by atoms with Gasteiger partial charge in [-0.2, -0.15) is 13.2 Å². The molecule has 1 unspecified atom stereocenters. The molecule has 0 aliphatic carbocycles. The topological polar surface area (TPSA) is 28.2 Å². The fourth-order valence-corrected chi connectivity index (χ4v) is 2.93. The first kappa shape index (κ1) is 12.7. The van der Waals surface area contributed by atoms with E-state index < -0.39 is 11.7 Å². The maximum Gasteiger partial charge on any atom is 0.417 e. The lowest BCUT2D eigenvalue weighted by atomic mass is 10.1. The molecule has 0 radical (unpaired) electrons. The van der Waals surface area contributed by atoms with Crippen LogP contribution in [-0.4, -0.2) is 30.7 Å². The van der Waals surface area contributed by atoms with Crippen molar-refractivity contribution in [2.45, 2.75) is 31.5 Å². The number of hydrogen-bond acceptors (Lipinski definition) is 3. The van der Waals surface area contributed by atoms with Gasteiger partial charge in [0.05, 0.1) is 5.56 Å². The fraction of sp³-hybridized carbons (Fsp3) is 0.615. The van der Waals surface area contributed by atoms with Gasteiger partial charge in [-0.05, 0) is 30.9 Å². The molecular weight excluding hydrogens is 255 g/mol. The molecule has 2 aliphatic heterocycles. The van der Waals surface area contributed by atoms with E-state index >= 15 is 0 Å². The zero-order valence-electron chi connectivity index (χ0n) is 10.5. The van der Waals surface area contributed by atoms with Gasteiger partial charge in [-0.3, -0.25) is 0 Å². The molecule has 0 saturated carbocycles. The highest BCUT2D eigenvalue weighted by atomic mass is 19.4. The Bertz CT molecular complexity index is 473. The van der Waals surface area contributed by atoms with E-state index in [9.17, 15) is 13.2 Å². The van der Waals surface area contributed by atoms with E-state index in [1.54, 1.807) is 0 Å². The SMILES string of the molecule is FC(F)(F)c1cnc2c(c1)CCCC1CNCCN21. The average molecular weight is 271 g/mol. The number of pyridine rings is 1. The summed E-state index contributed by atoms with van der Waals surface area (Å²) in [7, 11) is 0. The third kappa shape index (κ3) is 2.41. The molecule has 19 heavy (non-hydrogen) atoms. The van der Waals surface area contributed by atoms with Crippen molar-refractivity contribution in [1.82, 2.24) is 10.3 Å². The molecule has 2 aliphatic rings. The predicted molar refractivity (Wildman–Crippen MR) is 66.2 cm³/mol. The monoisotopic (exact) mass is 271 g/mol. The molecule has 1 saturated heterocycles. The summed E-state index contributed by atoms with van der Waals surface area (Å²) < 4.78 is 38.2. The van der Waals surface area contributed by atoms with Crippen LogP contribution in [-0.2, 0) is 12.6 Å². The number of fused-ring (bicyclic) bond motifs is 3. The van der Waals surface area contributed by atoms with Crippen molar-refractivity contribution in [2.75, 3.05) is 24.5 Å². The number of aromatic nitrogens is 1. The van der Waals surface area contributed by atoms with Crippen LogP contribution in [0.1, 0.15) is 24.0 Å². The van der Waals surface area contributed by atoms with Crippen molar-refractivity contribution < 1.29 is 13.2 Å².